The number of aromatic nitrogens is 1. The van der Waals surface area contributed by atoms with Gasteiger partial charge in [-0.2, -0.15) is 0 Å². The molecule has 128 valence electrons. The first-order valence-electron chi connectivity index (χ1n) is 10.3. The van der Waals surface area contributed by atoms with Crippen molar-refractivity contribution in [1.82, 2.24) is 4.98 Å². The summed E-state index contributed by atoms with van der Waals surface area (Å²) in [4.78, 5) is 4.89. The molecule has 1 heteroatoms. The van der Waals surface area contributed by atoms with Crippen molar-refractivity contribution in [2.45, 2.75) is 96.3 Å². The first-order chi connectivity index (χ1) is 11.3. The molecule has 0 aromatic carbocycles. The lowest BCUT2D eigenvalue weighted by atomic mass is 9.77. The zero-order valence-electron chi connectivity index (χ0n) is 15.3. The molecular formula is C22H35N. The molecule has 2 aliphatic carbocycles. The van der Waals surface area contributed by atoms with Gasteiger partial charge < -0.3 is 0 Å². The Morgan fingerprint density at radius 1 is 0.826 bits per heavy atom. The fourth-order valence-corrected chi connectivity index (χ4v) is 4.96. The third-order valence-corrected chi connectivity index (χ3v) is 6.67. The van der Waals surface area contributed by atoms with Gasteiger partial charge in [-0.05, 0) is 80.8 Å². The summed E-state index contributed by atoms with van der Waals surface area (Å²) in [5.41, 5.74) is 2.87. The minimum Gasteiger partial charge on any atom is -0.261 e. The van der Waals surface area contributed by atoms with E-state index in [0.29, 0.717) is 0 Å². The van der Waals surface area contributed by atoms with E-state index in [2.05, 4.69) is 32.2 Å². The third-order valence-electron chi connectivity index (χ3n) is 6.67. The Morgan fingerprint density at radius 2 is 1.48 bits per heavy atom. The highest BCUT2D eigenvalue weighted by molar-refractivity contribution is 5.21. The average Bonchev–Trinajstić information content (AvgIpc) is 2.63. The second-order valence-electron chi connectivity index (χ2n) is 8.15. The van der Waals surface area contributed by atoms with Gasteiger partial charge >= 0.3 is 0 Å². The minimum absolute atomic E-state index is 0.730. The Labute approximate surface area is 143 Å². The summed E-state index contributed by atoms with van der Waals surface area (Å²) < 4.78 is 0. The van der Waals surface area contributed by atoms with Crippen LogP contribution in [-0.4, -0.2) is 4.98 Å². The number of hydrogen-bond acceptors (Lipinski definition) is 1. The minimum atomic E-state index is 0.730. The number of nitrogens with zero attached hydrogens (tertiary/aromatic N) is 1. The van der Waals surface area contributed by atoms with Crippen LogP contribution in [0.15, 0.2) is 18.3 Å². The fraction of sp³-hybridized carbons (Fsp3) is 0.773. The Kier molecular flexibility index (Phi) is 6.14. The second kappa shape index (κ2) is 8.31. The lowest BCUT2D eigenvalue weighted by Crippen LogP contribution is -2.15. The Balaban J connectivity index is 1.53. The van der Waals surface area contributed by atoms with Crippen LogP contribution in [0.2, 0.25) is 0 Å². The molecule has 1 heterocycles. The molecule has 0 amide bonds. The summed E-state index contributed by atoms with van der Waals surface area (Å²) in [7, 11) is 0. The van der Waals surface area contributed by atoms with E-state index in [1.807, 2.05) is 0 Å². The molecule has 1 aromatic rings. The highest BCUT2D eigenvalue weighted by Gasteiger charge is 2.24. The van der Waals surface area contributed by atoms with Gasteiger partial charge in [-0.15, -0.1) is 0 Å². The zero-order chi connectivity index (χ0) is 16.1. The highest BCUT2D eigenvalue weighted by Crippen LogP contribution is 2.39. The van der Waals surface area contributed by atoms with Gasteiger partial charge in [0, 0.05) is 17.8 Å². The molecule has 0 saturated heterocycles. The van der Waals surface area contributed by atoms with Crippen LogP contribution in [0.5, 0.6) is 0 Å². The lowest BCUT2D eigenvalue weighted by molar-refractivity contribution is 0.305. The zero-order valence-corrected chi connectivity index (χ0v) is 15.3. The Bertz CT molecular complexity index is 447. The van der Waals surface area contributed by atoms with Crippen LogP contribution in [0.1, 0.15) is 108 Å². The van der Waals surface area contributed by atoms with Gasteiger partial charge in [0.15, 0.2) is 0 Å². The first-order valence-corrected chi connectivity index (χ1v) is 10.3. The van der Waals surface area contributed by atoms with E-state index in [4.69, 9.17) is 4.98 Å². The van der Waals surface area contributed by atoms with E-state index in [1.165, 1.54) is 81.9 Å². The van der Waals surface area contributed by atoms with Crippen molar-refractivity contribution < 1.29 is 0 Å². The predicted octanol–water partition coefficient (Wildman–Crippen LogP) is 6.84. The van der Waals surface area contributed by atoms with Crippen molar-refractivity contribution in [3.63, 3.8) is 0 Å². The van der Waals surface area contributed by atoms with Crippen molar-refractivity contribution in [3.8, 4) is 0 Å². The quantitative estimate of drug-likeness (QED) is 0.580. The summed E-state index contributed by atoms with van der Waals surface area (Å²) in [6.45, 7) is 4.66. The van der Waals surface area contributed by atoms with Gasteiger partial charge in [0.2, 0.25) is 0 Å². The second-order valence-corrected chi connectivity index (χ2v) is 8.15. The number of hydrogen-bond donors (Lipinski definition) is 0. The third kappa shape index (κ3) is 4.37. The molecular weight excluding hydrogens is 278 g/mol. The highest BCUT2D eigenvalue weighted by atomic mass is 14.7. The molecule has 0 bridgehead atoms. The smallest absolute Gasteiger partial charge is 0.0434 e. The predicted molar refractivity (Wildman–Crippen MR) is 98.8 cm³/mol. The largest absolute Gasteiger partial charge is 0.261 e. The molecule has 2 aliphatic rings. The summed E-state index contributed by atoms with van der Waals surface area (Å²) in [5.74, 6) is 3.48. The van der Waals surface area contributed by atoms with E-state index in [9.17, 15) is 0 Å². The Morgan fingerprint density at radius 3 is 2.04 bits per heavy atom. The summed E-state index contributed by atoms with van der Waals surface area (Å²) in [5, 5.41) is 0. The normalized spacial score (nSPS) is 31.9. The van der Waals surface area contributed by atoms with Crippen LogP contribution in [-0.2, 0) is 0 Å². The molecule has 0 N–H and O–H groups in total. The molecule has 1 nitrogen and oxygen atoms in total. The monoisotopic (exact) mass is 313 g/mol. The maximum Gasteiger partial charge on any atom is 0.0434 e. The van der Waals surface area contributed by atoms with Crippen LogP contribution >= 0.6 is 0 Å². The molecule has 3 rings (SSSR count). The summed E-state index contributed by atoms with van der Waals surface area (Å²) in [6.07, 6.45) is 17.5. The van der Waals surface area contributed by atoms with Gasteiger partial charge in [-0.25, -0.2) is 0 Å². The lowest BCUT2D eigenvalue weighted by Gasteiger charge is -2.29. The fourth-order valence-electron chi connectivity index (χ4n) is 4.96. The Hall–Kier alpha value is -0.850. The van der Waals surface area contributed by atoms with Gasteiger partial charge in [-0.1, -0.05) is 39.2 Å². The summed E-state index contributed by atoms with van der Waals surface area (Å²) >= 11 is 0. The van der Waals surface area contributed by atoms with Crippen LogP contribution in [0.25, 0.3) is 0 Å². The van der Waals surface area contributed by atoms with Crippen LogP contribution in [0.3, 0.4) is 0 Å². The van der Waals surface area contributed by atoms with E-state index in [1.54, 1.807) is 0 Å². The van der Waals surface area contributed by atoms with E-state index in [-0.39, 0.29) is 0 Å². The maximum absolute atomic E-state index is 4.89. The molecule has 0 radical (unpaired) electrons. The molecule has 0 atom stereocenters. The van der Waals surface area contributed by atoms with Crippen LogP contribution < -0.4 is 0 Å². The molecule has 2 saturated carbocycles. The molecule has 23 heavy (non-hydrogen) atoms. The topological polar surface area (TPSA) is 12.9 Å². The number of rotatable bonds is 5. The van der Waals surface area contributed by atoms with Gasteiger partial charge in [0.1, 0.15) is 0 Å². The van der Waals surface area contributed by atoms with Gasteiger partial charge in [0.05, 0.1) is 0 Å². The molecule has 1 aromatic heterocycles. The summed E-state index contributed by atoms with van der Waals surface area (Å²) in [6, 6.07) is 4.75. The molecule has 0 aliphatic heterocycles. The number of pyridine rings is 1. The molecule has 0 spiro atoms. The van der Waals surface area contributed by atoms with Crippen molar-refractivity contribution >= 4 is 0 Å². The molecule has 0 unspecified atom stereocenters. The first kappa shape index (κ1) is 17.0. The van der Waals surface area contributed by atoms with Gasteiger partial charge in [0.25, 0.3) is 0 Å². The average molecular weight is 314 g/mol. The van der Waals surface area contributed by atoms with Crippen molar-refractivity contribution in [2.24, 2.45) is 11.8 Å². The van der Waals surface area contributed by atoms with E-state index < -0.39 is 0 Å². The van der Waals surface area contributed by atoms with Crippen molar-refractivity contribution in [1.29, 1.82) is 0 Å². The van der Waals surface area contributed by atoms with Crippen LogP contribution in [0.4, 0.5) is 0 Å². The van der Waals surface area contributed by atoms with Crippen molar-refractivity contribution in [2.75, 3.05) is 0 Å². The SMILES string of the molecule is CCCC1CCC(c2ccc(C3CCC(CC)CC3)cn2)CC1. The van der Waals surface area contributed by atoms with Gasteiger partial charge in [-0.3, -0.25) is 4.98 Å². The van der Waals surface area contributed by atoms with E-state index >= 15 is 0 Å². The maximum atomic E-state index is 4.89. The standard InChI is InChI=1S/C22H35N/c1-3-5-18-8-12-20(13-9-18)22-15-14-21(16-23-22)19-10-6-17(4-2)7-11-19/h14-20H,3-13H2,1-2H3. The van der Waals surface area contributed by atoms with E-state index in [0.717, 1.165) is 23.7 Å². The van der Waals surface area contributed by atoms with Crippen LogP contribution in [0, 0.1) is 11.8 Å². The molecule has 2 fully saturated rings. The van der Waals surface area contributed by atoms with Crippen molar-refractivity contribution in [3.05, 3.63) is 29.6 Å².